The van der Waals surface area contributed by atoms with Crippen molar-refractivity contribution >= 4 is 11.8 Å². The number of hydrogen-bond donors (Lipinski definition) is 1. The topological polar surface area (TPSA) is 26.0 Å². The molecule has 0 aromatic carbocycles. The van der Waals surface area contributed by atoms with E-state index in [1.807, 2.05) is 20.8 Å². The van der Waals surface area contributed by atoms with Crippen molar-refractivity contribution in [2.45, 2.75) is 43.9 Å². The van der Waals surface area contributed by atoms with Crippen molar-refractivity contribution < 1.29 is 13.2 Å². The Balaban J connectivity index is 4.23. The summed E-state index contributed by atoms with van der Waals surface area (Å²) in [7, 11) is 0. The van der Waals surface area contributed by atoms with Crippen molar-refractivity contribution in [3.63, 3.8) is 0 Å². The fraction of sp³-hybridized carbons (Fsp3) is 1.00. The second kappa shape index (κ2) is 5.85. The summed E-state index contributed by atoms with van der Waals surface area (Å²) in [5.41, 5.74) is 5.16. The molecular formula is C9H18F3NS. The van der Waals surface area contributed by atoms with Gasteiger partial charge in [0.15, 0.2) is 0 Å². The molecule has 0 aliphatic rings. The zero-order valence-corrected chi connectivity index (χ0v) is 9.58. The number of thioether (sulfide) groups is 1. The van der Waals surface area contributed by atoms with E-state index in [0.717, 1.165) is 11.8 Å². The highest BCUT2D eigenvalue weighted by Crippen LogP contribution is 2.36. The molecular weight excluding hydrogens is 211 g/mol. The minimum Gasteiger partial charge on any atom is -0.330 e. The van der Waals surface area contributed by atoms with Gasteiger partial charge in [0.25, 0.3) is 0 Å². The molecule has 0 amide bonds. The van der Waals surface area contributed by atoms with Crippen LogP contribution < -0.4 is 5.73 Å². The van der Waals surface area contributed by atoms with Crippen molar-refractivity contribution in [2.75, 3.05) is 6.54 Å². The highest BCUT2D eigenvalue weighted by Gasteiger charge is 2.40. The van der Waals surface area contributed by atoms with Crippen LogP contribution in [0, 0.1) is 5.92 Å². The first-order valence-electron chi connectivity index (χ1n) is 4.71. The standard InChI is InChI=1S/C9H18F3NS/c1-6(2)7(3)14-8(4-5-13)9(10,11)12/h6-8H,4-5,13H2,1-3H3. The summed E-state index contributed by atoms with van der Waals surface area (Å²) in [5, 5.41) is -1.31. The van der Waals surface area contributed by atoms with Gasteiger partial charge in [0.05, 0.1) is 0 Å². The van der Waals surface area contributed by atoms with Crippen LogP contribution in [0.4, 0.5) is 13.2 Å². The summed E-state index contributed by atoms with van der Waals surface area (Å²) < 4.78 is 37.4. The molecule has 0 aliphatic heterocycles. The van der Waals surface area contributed by atoms with Crippen molar-refractivity contribution in [1.29, 1.82) is 0 Å². The van der Waals surface area contributed by atoms with E-state index in [9.17, 15) is 13.2 Å². The number of nitrogens with two attached hydrogens (primary N) is 1. The van der Waals surface area contributed by atoms with E-state index in [-0.39, 0.29) is 24.1 Å². The van der Waals surface area contributed by atoms with E-state index in [1.165, 1.54) is 0 Å². The summed E-state index contributed by atoms with van der Waals surface area (Å²) in [6.45, 7) is 5.76. The Bertz CT molecular complexity index is 159. The van der Waals surface area contributed by atoms with Crippen molar-refractivity contribution in [3.05, 3.63) is 0 Å². The average Bonchev–Trinajstić information content (AvgIpc) is 2.01. The Morgan fingerprint density at radius 1 is 1.21 bits per heavy atom. The molecule has 86 valence electrons. The Morgan fingerprint density at radius 2 is 1.71 bits per heavy atom. The molecule has 2 atom stereocenters. The molecule has 5 heteroatoms. The van der Waals surface area contributed by atoms with Gasteiger partial charge in [0.2, 0.25) is 0 Å². The Kier molecular flexibility index (Phi) is 5.90. The molecule has 14 heavy (non-hydrogen) atoms. The fourth-order valence-electron chi connectivity index (χ4n) is 0.876. The average molecular weight is 229 g/mol. The van der Waals surface area contributed by atoms with Gasteiger partial charge in [-0.3, -0.25) is 0 Å². The van der Waals surface area contributed by atoms with E-state index in [2.05, 4.69) is 0 Å². The number of rotatable bonds is 5. The van der Waals surface area contributed by atoms with Crippen LogP contribution in [0.1, 0.15) is 27.2 Å². The van der Waals surface area contributed by atoms with Crippen LogP contribution in [0.2, 0.25) is 0 Å². The summed E-state index contributed by atoms with van der Waals surface area (Å²) in [6, 6.07) is 0. The molecule has 0 bridgehead atoms. The maximum atomic E-state index is 12.5. The van der Waals surface area contributed by atoms with Crippen LogP contribution in [0.25, 0.3) is 0 Å². The third-order valence-corrected chi connectivity index (χ3v) is 3.92. The number of alkyl halides is 3. The van der Waals surface area contributed by atoms with Crippen LogP contribution in [-0.2, 0) is 0 Å². The Morgan fingerprint density at radius 3 is 2.00 bits per heavy atom. The van der Waals surface area contributed by atoms with E-state index in [4.69, 9.17) is 5.73 Å². The van der Waals surface area contributed by atoms with E-state index in [0.29, 0.717) is 0 Å². The molecule has 0 saturated carbocycles. The smallest absolute Gasteiger partial charge is 0.330 e. The molecule has 0 saturated heterocycles. The molecule has 2 unspecified atom stereocenters. The van der Waals surface area contributed by atoms with Gasteiger partial charge in [-0.15, -0.1) is 11.8 Å². The van der Waals surface area contributed by atoms with E-state index in [1.54, 1.807) is 0 Å². The molecule has 0 aromatic heterocycles. The van der Waals surface area contributed by atoms with Crippen LogP contribution in [0.5, 0.6) is 0 Å². The molecule has 0 spiro atoms. The lowest BCUT2D eigenvalue weighted by Gasteiger charge is -2.24. The lowest BCUT2D eigenvalue weighted by Crippen LogP contribution is -2.30. The van der Waals surface area contributed by atoms with E-state index >= 15 is 0 Å². The first-order valence-corrected chi connectivity index (χ1v) is 5.65. The molecule has 2 N–H and O–H groups in total. The predicted octanol–water partition coefficient (Wildman–Crippen LogP) is 3.04. The Hall–Kier alpha value is 0.100. The number of halogens is 3. The first-order chi connectivity index (χ1) is 6.29. The maximum Gasteiger partial charge on any atom is 0.400 e. The van der Waals surface area contributed by atoms with Gasteiger partial charge in [0, 0.05) is 5.25 Å². The minimum absolute atomic E-state index is 0.00519. The van der Waals surface area contributed by atoms with Crippen LogP contribution in [0.3, 0.4) is 0 Å². The summed E-state index contributed by atoms with van der Waals surface area (Å²) >= 11 is 0.979. The van der Waals surface area contributed by atoms with Gasteiger partial charge in [-0.1, -0.05) is 20.8 Å². The lowest BCUT2D eigenvalue weighted by atomic mass is 10.2. The SMILES string of the molecule is CC(C)C(C)SC(CCN)C(F)(F)F. The maximum absolute atomic E-state index is 12.5. The van der Waals surface area contributed by atoms with Gasteiger partial charge in [0.1, 0.15) is 5.25 Å². The molecule has 1 nitrogen and oxygen atoms in total. The zero-order chi connectivity index (χ0) is 11.4. The summed E-state index contributed by atoms with van der Waals surface area (Å²) in [4.78, 5) is 0. The van der Waals surface area contributed by atoms with E-state index < -0.39 is 11.4 Å². The van der Waals surface area contributed by atoms with Crippen molar-refractivity contribution in [3.8, 4) is 0 Å². The van der Waals surface area contributed by atoms with Crippen LogP contribution in [0.15, 0.2) is 0 Å². The molecule has 0 heterocycles. The first kappa shape index (κ1) is 14.1. The van der Waals surface area contributed by atoms with Crippen LogP contribution >= 0.6 is 11.8 Å². The lowest BCUT2D eigenvalue weighted by molar-refractivity contribution is -0.129. The highest BCUT2D eigenvalue weighted by atomic mass is 32.2. The second-order valence-electron chi connectivity index (χ2n) is 3.69. The zero-order valence-electron chi connectivity index (χ0n) is 8.77. The normalized spacial score (nSPS) is 17.1. The predicted molar refractivity (Wildman–Crippen MR) is 55.4 cm³/mol. The summed E-state index contributed by atoms with van der Waals surface area (Å²) in [6.07, 6.45) is -4.13. The summed E-state index contributed by atoms with van der Waals surface area (Å²) in [5.74, 6) is 0.252. The monoisotopic (exact) mass is 229 g/mol. The van der Waals surface area contributed by atoms with Crippen molar-refractivity contribution in [2.24, 2.45) is 11.7 Å². The van der Waals surface area contributed by atoms with Gasteiger partial charge in [-0.25, -0.2) is 0 Å². The molecule has 0 aliphatic carbocycles. The number of hydrogen-bond acceptors (Lipinski definition) is 2. The third-order valence-electron chi connectivity index (χ3n) is 2.11. The van der Waals surface area contributed by atoms with Crippen molar-refractivity contribution in [1.82, 2.24) is 0 Å². The Labute approximate surface area is 87.6 Å². The van der Waals surface area contributed by atoms with Crippen LogP contribution in [-0.4, -0.2) is 23.2 Å². The third kappa shape index (κ3) is 5.10. The largest absolute Gasteiger partial charge is 0.400 e. The molecule has 0 rings (SSSR count). The van der Waals surface area contributed by atoms with Gasteiger partial charge < -0.3 is 5.73 Å². The quantitative estimate of drug-likeness (QED) is 0.784. The minimum atomic E-state index is -4.13. The second-order valence-corrected chi connectivity index (χ2v) is 5.28. The highest BCUT2D eigenvalue weighted by molar-refractivity contribution is 8.00. The molecule has 0 fully saturated rings. The van der Waals surface area contributed by atoms with Gasteiger partial charge in [-0.05, 0) is 18.9 Å². The van der Waals surface area contributed by atoms with Gasteiger partial charge in [-0.2, -0.15) is 13.2 Å². The fourth-order valence-corrected chi connectivity index (χ4v) is 2.14. The molecule has 0 aromatic rings. The molecule has 0 radical (unpaired) electrons. The van der Waals surface area contributed by atoms with Gasteiger partial charge >= 0.3 is 6.18 Å².